The third-order valence-corrected chi connectivity index (χ3v) is 5.04. The summed E-state index contributed by atoms with van der Waals surface area (Å²) in [6.45, 7) is 0.0263. The number of Topliss-reactive ketones (excluding diaryl/α,β-unsaturated/α-hetero) is 1. The first-order valence-electron chi connectivity index (χ1n) is 9.29. The Balaban J connectivity index is 1.84. The summed E-state index contributed by atoms with van der Waals surface area (Å²) in [6.07, 6.45) is 0. The molecule has 1 saturated heterocycles. The molecule has 6 heteroatoms. The van der Waals surface area contributed by atoms with E-state index < -0.39 is 29.4 Å². The van der Waals surface area contributed by atoms with Gasteiger partial charge in [0.1, 0.15) is 17.4 Å². The summed E-state index contributed by atoms with van der Waals surface area (Å²) in [5.41, 5.74) is 1.42. The van der Waals surface area contributed by atoms with Crippen molar-refractivity contribution in [1.29, 1.82) is 0 Å². The molecule has 1 fully saturated rings. The average Bonchev–Trinajstić information content (AvgIpc) is 3.01. The van der Waals surface area contributed by atoms with Gasteiger partial charge < -0.3 is 10.0 Å². The zero-order valence-electron chi connectivity index (χ0n) is 15.8. The van der Waals surface area contributed by atoms with E-state index >= 15 is 0 Å². The topological polar surface area (TPSA) is 57.6 Å². The first-order valence-corrected chi connectivity index (χ1v) is 9.29. The lowest BCUT2D eigenvalue weighted by Crippen LogP contribution is -2.29. The number of amides is 1. The number of ketones is 1. The monoisotopic (exact) mass is 405 g/mol. The summed E-state index contributed by atoms with van der Waals surface area (Å²) in [6, 6.07) is 18.5. The predicted octanol–water partition coefficient (Wildman–Crippen LogP) is 4.59. The minimum absolute atomic E-state index is 0.0263. The van der Waals surface area contributed by atoms with Gasteiger partial charge in [-0.1, -0.05) is 54.6 Å². The summed E-state index contributed by atoms with van der Waals surface area (Å²) >= 11 is 0. The predicted molar refractivity (Wildman–Crippen MR) is 107 cm³/mol. The molecule has 1 amide bonds. The van der Waals surface area contributed by atoms with Crippen molar-refractivity contribution in [3.63, 3.8) is 0 Å². The van der Waals surface area contributed by atoms with Gasteiger partial charge in [0.2, 0.25) is 0 Å². The maximum Gasteiger partial charge on any atom is 0.295 e. The first kappa shape index (κ1) is 19.5. The number of rotatable bonds is 4. The maximum atomic E-state index is 13.5. The van der Waals surface area contributed by atoms with Gasteiger partial charge in [0.25, 0.3) is 11.7 Å². The van der Waals surface area contributed by atoms with Gasteiger partial charge in [0.15, 0.2) is 0 Å². The molecule has 3 aromatic carbocycles. The van der Waals surface area contributed by atoms with E-state index in [1.54, 1.807) is 30.3 Å². The van der Waals surface area contributed by atoms with E-state index in [2.05, 4.69) is 0 Å². The molecule has 1 unspecified atom stereocenters. The number of benzene rings is 3. The number of carbonyl (C=O) groups is 2. The Bertz CT molecular complexity index is 1120. The standard InChI is InChI=1S/C24H17F2NO3/c25-18-10-6-15(7-11-18)14-27-21(16-8-12-19(26)13-9-16)20(23(29)24(27)30)22(28)17-4-2-1-3-5-17/h1-13,21,28H,14H2/b22-20-. The van der Waals surface area contributed by atoms with Gasteiger partial charge in [-0.3, -0.25) is 9.59 Å². The lowest BCUT2D eigenvalue weighted by atomic mass is 9.95. The quantitative estimate of drug-likeness (QED) is 0.393. The van der Waals surface area contributed by atoms with E-state index in [0.717, 1.165) is 0 Å². The molecule has 0 bridgehead atoms. The molecule has 1 N–H and O–H groups in total. The Morgan fingerprint density at radius 3 is 2.00 bits per heavy atom. The van der Waals surface area contributed by atoms with Gasteiger partial charge in [-0.15, -0.1) is 0 Å². The molecule has 1 atom stereocenters. The Morgan fingerprint density at radius 1 is 0.833 bits per heavy atom. The second kappa shape index (κ2) is 7.91. The zero-order valence-corrected chi connectivity index (χ0v) is 15.8. The number of nitrogens with zero attached hydrogens (tertiary/aromatic N) is 1. The zero-order chi connectivity index (χ0) is 21.3. The largest absolute Gasteiger partial charge is 0.507 e. The molecule has 1 heterocycles. The highest BCUT2D eigenvalue weighted by Crippen LogP contribution is 2.40. The molecule has 4 rings (SSSR count). The van der Waals surface area contributed by atoms with Crippen molar-refractivity contribution in [2.24, 2.45) is 0 Å². The van der Waals surface area contributed by atoms with Crippen molar-refractivity contribution in [1.82, 2.24) is 4.90 Å². The maximum absolute atomic E-state index is 13.5. The van der Waals surface area contributed by atoms with Crippen LogP contribution in [0.15, 0.2) is 84.4 Å². The van der Waals surface area contributed by atoms with Crippen molar-refractivity contribution in [3.8, 4) is 0 Å². The molecule has 3 aromatic rings. The second-order valence-electron chi connectivity index (χ2n) is 6.97. The van der Waals surface area contributed by atoms with Crippen LogP contribution in [0.25, 0.3) is 5.76 Å². The molecule has 4 nitrogen and oxygen atoms in total. The van der Waals surface area contributed by atoms with E-state index in [0.29, 0.717) is 16.7 Å². The Labute approximate surface area is 171 Å². The summed E-state index contributed by atoms with van der Waals surface area (Å²) < 4.78 is 26.7. The number of likely N-dealkylation sites (tertiary alicyclic amines) is 1. The van der Waals surface area contributed by atoms with Crippen LogP contribution in [-0.4, -0.2) is 21.7 Å². The van der Waals surface area contributed by atoms with Gasteiger partial charge in [-0.05, 0) is 35.4 Å². The van der Waals surface area contributed by atoms with E-state index in [9.17, 15) is 23.5 Å². The van der Waals surface area contributed by atoms with Crippen molar-refractivity contribution in [3.05, 3.63) is 113 Å². The smallest absolute Gasteiger partial charge is 0.295 e. The fourth-order valence-corrected chi connectivity index (χ4v) is 3.57. The molecular weight excluding hydrogens is 388 g/mol. The van der Waals surface area contributed by atoms with E-state index in [-0.39, 0.29) is 17.9 Å². The van der Waals surface area contributed by atoms with E-state index in [1.807, 2.05) is 0 Å². The summed E-state index contributed by atoms with van der Waals surface area (Å²) in [4.78, 5) is 27.0. The minimum Gasteiger partial charge on any atom is -0.507 e. The van der Waals surface area contributed by atoms with Gasteiger partial charge in [-0.25, -0.2) is 8.78 Å². The number of halogens is 2. The highest BCUT2D eigenvalue weighted by atomic mass is 19.1. The molecule has 1 aliphatic heterocycles. The fourth-order valence-electron chi connectivity index (χ4n) is 3.57. The highest BCUT2D eigenvalue weighted by molar-refractivity contribution is 6.46. The van der Waals surface area contributed by atoms with Crippen LogP contribution in [0.5, 0.6) is 0 Å². The van der Waals surface area contributed by atoms with Gasteiger partial charge in [-0.2, -0.15) is 0 Å². The van der Waals surface area contributed by atoms with Crippen molar-refractivity contribution >= 4 is 17.4 Å². The van der Waals surface area contributed by atoms with Crippen LogP contribution in [0.4, 0.5) is 8.78 Å². The van der Waals surface area contributed by atoms with Gasteiger partial charge in [0, 0.05) is 12.1 Å². The number of hydrogen-bond donors (Lipinski definition) is 1. The van der Waals surface area contributed by atoms with Gasteiger partial charge >= 0.3 is 0 Å². The molecular formula is C24H17F2NO3. The normalized spacial score (nSPS) is 18.1. The Morgan fingerprint density at radius 2 is 1.40 bits per heavy atom. The van der Waals surface area contributed by atoms with Crippen molar-refractivity contribution < 1.29 is 23.5 Å². The van der Waals surface area contributed by atoms with Crippen molar-refractivity contribution in [2.75, 3.05) is 0 Å². The molecule has 0 saturated carbocycles. The van der Waals surface area contributed by atoms with E-state index in [1.165, 1.54) is 53.4 Å². The third-order valence-electron chi connectivity index (χ3n) is 5.04. The third kappa shape index (κ3) is 3.59. The summed E-state index contributed by atoms with van der Waals surface area (Å²) in [7, 11) is 0. The first-order chi connectivity index (χ1) is 14.5. The minimum atomic E-state index is -0.907. The molecule has 0 aliphatic carbocycles. The molecule has 30 heavy (non-hydrogen) atoms. The molecule has 0 radical (unpaired) electrons. The molecule has 0 spiro atoms. The number of hydrogen-bond acceptors (Lipinski definition) is 3. The average molecular weight is 405 g/mol. The molecule has 1 aliphatic rings. The molecule has 150 valence electrons. The number of aliphatic hydroxyl groups excluding tert-OH is 1. The Kier molecular flexibility index (Phi) is 5.14. The van der Waals surface area contributed by atoms with E-state index in [4.69, 9.17) is 0 Å². The van der Waals surface area contributed by atoms with Crippen LogP contribution < -0.4 is 0 Å². The van der Waals surface area contributed by atoms with Crippen LogP contribution >= 0.6 is 0 Å². The van der Waals surface area contributed by atoms with Crippen LogP contribution in [0.1, 0.15) is 22.7 Å². The lowest BCUT2D eigenvalue weighted by molar-refractivity contribution is -0.140. The van der Waals surface area contributed by atoms with Crippen LogP contribution in [0.2, 0.25) is 0 Å². The lowest BCUT2D eigenvalue weighted by Gasteiger charge is -2.25. The van der Waals surface area contributed by atoms with Gasteiger partial charge in [0.05, 0.1) is 11.6 Å². The molecule has 0 aromatic heterocycles. The SMILES string of the molecule is O=C1C(=O)N(Cc2ccc(F)cc2)C(c2ccc(F)cc2)/C1=C(/O)c1ccccc1. The number of carbonyl (C=O) groups excluding carboxylic acids is 2. The fraction of sp³-hybridized carbons (Fsp3) is 0.0833. The number of aliphatic hydroxyl groups is 1. The highest BCUT2D eigenvalue weighted by Gasteiger charge is 2.46. The Hall–Kier alpha value is -3.80. The second-order valence-corrected chi connectivity index (χ2v) is 6.97. The van der Waals surface area contributed by atoms with Crippen LogP contribution in [0, 0.1) is 11.6 Å². The summed E-state index contributed by atoms with van der Waals surface area (Å²) in [5.74, 6) is -2.79. The van der Waals surface area contributed by atoms with Crippen LogP contribution in [-0.2, 0) is 16.1 Å². The van der Waals surface area contributed by atoms with Crippen LogP contribution in [0.3, 0.4) is 0 Å². The summed E-state index contributed by atoms with van der Waals surface area (Å²) in [5, 5.41) is 10.9. The van der Waals surface area contributed by atoms with Crippen molar-refractivity contribution in [2.45, 2.75) is 12.6 Å².